The Kier molecular flexibility index (Phi) is 7.85. The molecule has 0 aliphatic carbocycles. The number of piperidine rings is 1. The summed E-state index contributed by atoms with van der Waals surface area (Å²) < 4.78 is 5.13. The molecule has 2 amide bonds. The molecule has 0 bridgehead atoms. The highest BCUT2D eigenvalue weighted by Crippen LogP contribution is 2.21. The summed E-state index contributed by atoms with van der Waals surface area (Å²) in [6.07, 6.45) is 6.53. The minimum atomic E-state index is -0.103. The average molecular weight is 347 g/mol. The molecular formula is C19H29N3O3. The largest absolute Gasteiger partial charge is 0.385 e. The van der Waals surface area contributed by atoms with Crippen molar-refractivity contribution in [1.82, 2.24) is 14.8 Å². The van der Waals surface area contributed by atoms with Gasteiger partial charge in [0.25, 0.3) is 0 Å². The van der Waals surface area contributed by atoms with Crippen molar-refractivity contribution >= 4 is 11.8 Å². The van der Waals surface area contributed by atoms with E-state index in [-0.39, 0.29) is 17.7 Å². The van der Waals surface area contributed by atoms with Crippen LogP contribution in [0.2, 0.25) is 0 Å². The van der Waals surface area contributed by atoms with Crippen LogP contribution >= 0.6 is 0 Å². The molecule has 1 aliphatic rings. The van der Waals surface area contributed by atoms with Gasteiger partial charge in [-0.15, -0.1) is 0 Å². The lowest BCUT2D eigenvalue weighted by atomic mass is 9.96. The summed E-state index contributed by atoms with van der Waals surface area (Å²) >= 11 is 0. The third-order valence-electron chi connectivity index (χ3n) is 4.64. The average Bonchev–Trinajstić information content (AvgIpc) is 2.67. The SMILES string of the molecule is CCC(=O)N1CCCC(C(=O)N(CCCOC)Cc2ccncc2)C1. The van der Waals surface area contributed by atoms with Crippen molar-refractivity contribution in [2.24, 2.45) is 5.92 Å². The second kappa shape index (κ2) is 10.1. The zero-order valence-electron chi connectivity index (χ0n) is 15.3. The topological polar surface area (TPSA) is 62.7 Å². The number of carbonyl (C=O) groups excluding carboxylic acids is 2. The van der Waals surface area contributed by atoms with Crippen LogP contribution in [0.1, 0.15) is 38.2 Å². The first kappa shape index (κ1) is 19.4. The lowest BCUT2D eigenvalue weighted by Crippen LogP contribution is -2.46. The van der Waals surface area contributed by atoms with Crippen LogP contribution < -0.4 is 0 Å². The molecule has 138 valence electrons. The number of amides is 2. The number of methoxy groups -OCH3 is 1. The standard InChI is InChI=1S/C19H29N3O3/c1-3-18(23)21-11-4-6-17(15-21)19(24)22(12-5-13-25-2)14-16-7-9-20-10-8-16/h7-10,17H,3-6,11-15H2,1-2H3. The number of ether oxygens (including phenoxy) is 1. The molecule has 0 N–H and O–H groups in total. The molecule has 1 fully saturated rings. The van der Waals surface area contributed by atoms with Crippen LogP contribution in [0.5, 0.6) is 0 Å². The first-order valence-corrected chi connectivity index (χ1v) is 9.10. The Bertz CT molecular complexity index is 550. The van der Waals surface area contributed by atoms with Gasteiger partial charge >= 0.3 is 0 Å². The second-order valence-corrected chi connectivity index (χ2v) is 6.49. The van der Waals surface area contributed by atoms with E-state index < -0.39 is 0 Å². The van der Waals surface area contributed by atoms with Crippen molar-refractivity contribution in [3.63, 3.8) is 0 Å². The van der Waals surface area contributed by atoms with E-state index in [1.807, 2.05) is 28.9 Å². The van der Waals surface area contributed by atoms with Gasteiger partial charge in [-0.1, -0.05) is 6.92 Å². The Morgan fingerprint density at radius 1 is 1.36 bits per heavy atom. The molecule has 6 heteroatoms. The lowest BCUT2D eigenvalue weighted by Gasteiger charge is -2.35. The highest BCUT2D eigenvalue weighted by molar-refractivity contribution is 5.81. The minimum absolute atomic E-state index is 0.103. The van der Waals surface area contributed by atoms with E-state index in [9.17, 15) is 9.59 Å². The molecule has 1 aromatic heterocycles. The number of nitrogens with zero attached hydrogens (tertiary/aromatic N) is 3. The van der Waals surface area contributed by atoms with Gasteiger partial charge in [0.1, 0.15) is 0 Å². The number of rotatable bonds is 8. The number of carbonyl (C=O) groups is 2. The van der Waals surface area contributed by atoms with Crippen molar-refractivity contribution in [3.05, 3.63) is 30.1 Å². The molecule has 1 saturated heterocycles. The van der Waals surface area contributed by atoms with Crippen LogP contribution in [0.4, 0.5) is 0 Å². The fourth-order valence-corrected chi connectivity index (χ4v) is 3.26. The van der Waals surface area contributed by atoms with Crippen LogP contribution in [-0.2, 0) is 20.9 Å². The molecule has 6 nitrogen and oxygen atoms in total. The predicted molar refractivity (Wildman–Crippen MR) is 95.7 cm³/mol. The van der Waals surface area contributed by atoms with Gasteiger partial charge in [0, 0.05) is 58.7 Å². The van der Waals surface area contributed by atoms with Gasteiger partial charge in [-0.25, -0.2) is 0 Å². The number of hydrogen-bond donors (Lipinski definition) is 0. The Labute approximate surface area is 150 Å². The van der Waals surface area contributed by atoms with Gasteiger partial charge in [0.15, 0.2) is 0 Å². The number of aromatic nitrogens is 1. The molecule has 2 rings (SSSR count). The van der Waals surface area contributed by atoms with E-state index in [4.69, 9.17) is 4.74 Å². The van der Waals surface area contributed by atoms with E-state index in [0.29, 0.717) is 32.7 Å². The molecule has 2 heterocycles. The van der Waals surface area contributed by atoms with Crippen molar-refractivity contribution in [2.75, 3.05) is 33.4 Å². The van der Waals surface area contributed by atoms with Crippen molar-refractivity contribution in [1.29, 1.82) is 0 Å². The number of likely N-dealkylation sites (tertiary alicyclic amines) is 1. The quantitative estimate of drug-likeness (QED) is 0.676. The van der Waals surface area contributed by atoms with E-state index in [1.54, 1.807) is 19.5 Å². The molecule has 1 atom stereocenters. The maximum atomic E-state index is 13.1. The molecule has 25 heavy (non-hydrogen) atoms. The Balaban J connectivity index is 2.03. The highest BCUT2D eigenvalue weighted by Gasteiger charge is 2.30. The van der Waals surface area contributed by atoms with Crippen molar-refractivity contribution < 1.29 is 14.3 Å². The summed E-state index contributed by atoms with van der Waals surface area (Å²) in [6.45, 7) is 5.04. The van der Waals surface area contributed by atoms with Gasteiger partial charge in [0.05, 0.1) is 5.92 Å². The summed E-state index contributed by atoms with van der Waals surface area (Å²) in [6, 6.07) is 3.87. The van der Waals surface area contributed by atoms with Crippen LogP contribution in [-0.4, -0.2) is 59.9 Å². The van der Waals surface area contributed by atoms with Crippen LogP contribution in [0.25, 0.3) is 0 Å². The smallest absolute Gasteiger partial charge is 0.227 e. The van der Waals surface area contributed by atoms with Gasteiger partial charge in [-0.2, -0.15) is 0 Å². The van der Waals surface area contributed by atoms with Gasteiger partial charge in [0.2, 0.25) is 11.8 Å². The lowest BCUT2D eigenvalue weighted by molar-refractivity contribution is -0.141. The summed E-state index contributed by atoms with van der Waals surface area (Å²) in [4.78, 5) is 32.8. The Morgan fingerprint density at radius 2 is 2.12 bits per heavy atom. The first-order chi connectivity index (χ1) is 12.2. The van der Waals surface area contributed by atoms with Gasteiger partial charge < -0.3 is 14.5 Å². The third-order valence-corrected chi connectivity index (χ3v) is 4.64. The van der Waals surface area contributed by atoms with E-state index in [0.717, 1.165) is 31.4 Å². The molecule has 0 aromatic carbocycles. The van der Waals surface area contributed by atoms with Gasteiger partial charge in [-0.3, -0.25) is 14.6 Å². The second-order valence-electron chi connectivity index (χ2n) is 6.49. The van der Waals surface area contributed by atoms with Crippen LogP contribution in [0.3, 0.4) is 0 Å². The molecule has 0 radical (unpaired) electrons. The molecular weight excluding hydrogens is 318 g/mol. The maximum Gasteiger partial charge on any atom is 0.227 e. The highest BCUT2D eigenvalue weighted by atomic mass is 16.5. The first-order valence-electron chi connectivity index (χ1n) is 9.10. The number of pyridine rings is 1. The number of hydrogen-bond acceptors (Lipinski definition) is 4. The minimum Gasteiger partial charge on any atom is -0.385 e. The van der Waals surface area contributed by atoms with E-state index >= 15 is 0 Å². The fraction of sp³-hybridized carbons (Fsp3) is 0.632. The molecule has 1 unspecified atom stereocenters. The molecule has 0 saturated carbocycles. The molecule has 1 aromatic rings. The summed E-state index contributed by atoms with van der Waals surface area (Å²) in [5.41, 5.74) is 1.07. The summed E-state index contributed by atoms with van der Waals surface area (Å²) in [7, 11) is 1.67. The monoisotopic (exact) mass is 347 g/mol. The van der Waals surface area contributed by atoms with Gasteiger partial charge in [-0.05, 0) is 37.0 Å². The normalized spacial score (nSPS) is 17.4. The molecule has 0 spiro atoms. The third kappa shape index (κ3) is 5.81. The van der Waals surface area contributed by atoms with Crippen molar-refractivity contribution in [3.8, 4) is 0 Å². The van der Waals surface area contributed by atoms with Crippen LogP contribution in [0, 0.1) is 5.92 Å². The Hall–Kier alpha value is -1.95. The zero-order chi connectivity index (χ0) is 18.1. The van der Waals surface area contributed by atoms with E-state index in [2.05, 4.69) is 4.98 Å². The van der Waals surface area contributed by atoms with Crippen molar-refractivity contribution in [2.45, 2.75) is 39.2 Å². The fourth-order valence-electron chi connectivity index (χ4n) is 3.26. The molecule has 1 aliphatic heterocycles. The Morgan fingerprint density at radius 3 is 2.80 bits per heavy atom. The van der Waals surface area contributed by atoms with Crippen LogP contribution in [0.15, 0.2) is 24.5 Å². The maximum absolute atomic E-state index is 13.1. The predicted octanol–water partition coefficient (Wildman–Crippen LogP) is 2.10. The van der Waals surface area contributed by atoms with E-state index in [1.165, 1.54) is 0 Å². The summed E-state index contributed by atoms with van der Waals surface area (Å²) in [5, 5.41) is 0. The summed E-state index contributed by atoms with van der Waals surface area (Å²) in [5.74, 6) is 0.174. The zero-order valence-corrected chi connectivity index (χ0v) is 15.3.